The van der Waals surface area contributed by atoms with Gasteiger partial charge in [-0.3, -0.25) is 4.79 Å². The van der Waals surface area contributed by atoms with E-state index in [1.807, 2.05) is 12.1 Å². The van der Waals surface area contributed by atoms with Crippen LogP contribution in [0.5, 0.6) is 11.5 Å². The van der Waals surface area contributed by atoms with Crippen LogP contribution in [0.4, 0.5) is 4.39 Å². The van der Waals surface area contributed by atoms with Gasteiger partial charge in [-0.2, -0.15) is 0 Å². The number of carbonyl (C=O) groups is 1. The molecule has 0 spiro atoms. The summed E-state index contributed by atoms with van der Waals surface area (Å²) in [4.78, 5) is 11.8. The summed E-state index contributed by atoms with van der Waals surface area (Å²) in [6, 6.07) is 11.8. The summed E-state index contributed by atoms with van der Waals surface area (Å²) < 4.78 is 23.8. The Labute approximate surface area is 147 Å². The zero-order valence-electron chi connectivity index (χ0n) is 14.1. The van der Waals surface area contributed by atoms with E-state index < -0.39 is 0 Å². The van der Waals surface area contributed by atoms with Crippen molar-refractivity contribution in [2.24, 2.45) is 0 Å². The predicted octanol–water partition coefficient (Wildman–Crippen LogP) is 3.28. The van der Waals surface area contributed by atoms with E-state index in [1.165, 1.54) is 36.1 Å². The molecular formula is C20H22FNO3. The van der Waals surface area contributed by atoms with Crippen LogP contribution in [0, 0.1) is 5.82 Å². The van der Waals surface area contributed by atoms with E-state index in [4.69, 9.17) is 9.47 Å². The second-order valence-electron chi connectivity index (χ2n) is 6.08. The number of fused-ring (bicyclic) bond motifs is 1. The number of halogens is 1. The number of aryl methyl sites for hydroxylation is 2. The molecule has 0 aliphatic heterocycles. The molecule has 5 heteroatoms. The summed E-state index contributed by atoms with van der Waals surface area (Å²) in [6.07, 6.45) is 4.67. The van der Waals surface area contributed by atoms with Crippen molar-refractivity contribution < 1.29 is 18.7 Å². The van der Waals surface area contributed by atoms with E-state index in [0.29, 0.717) is 18.9 Å². The number of nitrogens with one attached hydrogen (secondary N) is 1. The van der Waals surface area contributed by atoms with E-state index in [9.17, 15) is 9.18 Å². The number of carbonyl (C=O) groups excluding carboxylic acids is 1. The van der Waals surface area contributed by atoms with Gasteiger partial charge in [-0.15, -0.1) is 0 Å². The first-order valence-corrected chi connectivity index (χ1v) is 8.60. The molecule has 2 aromatic carbocycles. The van der Waals surface area contributed by atoms with Crippen molar-refractivity contribution in [3.63, 3.8) is 0 Å². The lowest BCUT2D eigenvalue weighted by molar-refractivity contribution is -0.123. The van der Waals surface area contributed by atoms with Crippen LogP contribution in [0.2, 0.25) is 0 Å². The third-order valence-corrected chi connectivity index (χ3v) is 4.20. The first kappa shape index (κ1) is 17.3. The average Bonchev–Trinajstić information content (AvgIpc) is 2.65. The lowest BCUT2D eigenvalue weighted by Crippen LogP contribution is -2.32. The maximum atomic E-state index is 12.8. The van der Waals surface area contributed by atoms with Gasteiger partial charge in [-0.05, 0) is 73.2 Å². The van der Waals surface area contributed by atoms with Crippen molar-refractivity contribution in [3.05, 3.63) is 59.4 Å². The largest absolute Gasteiger partial charge is 0.492 e. The number of ether oxygens (including phenoxy) is 2. The summed E-state index contributed by atoms with van der Waals surface area (Å²) in [5.74, 6) is 0.805. The molecular weight excluding hydrogens is 321 g/mol. The van der Waals surface area contributed by atoms with Gasteiger partial charge >= 0.3 is 0 Å². The van der Waals surface area contributed by atoms with Crippen LogP contribution in [0.1, 0.15) is 24.0 Å². The van der Waals surface area contributed by atoms with E-state index >= 15 is 0 Å². The quantitative estimate of drug-likeness (QED) is 0.785. The van der Waals surface area contributed by atoms with E-state index in [0.717, 1.165) is 18.6 Å². The van der Waals surface area contributed by atoms with Crippen molar-refractivity contribution in [2.45, 2.75) is 25.7 Å². The Balaban J connectivity index is 1.36. The lowest BCUT2D eigenvalue weighted by atomic mass is 9.92. The Morgan fingerprint density at radius 1 is 0.960 bits per heavy atom. The molecule has 1 aliphatic carbocycles. The van der Waals surface area contributed by atoms with Crippen LogP contribution in [-0.4, -0.2) is 25.7 Å². The summed E-state index contributed by atoms with van der Waals surface area (Å²) in [7, 11) is 0. The minimum atomic E-state index is -0.306. The minimum absolute atomic E-state index is 0.0185. The summed E-state index contributed by atoms with van der Waals surface area (Å²) >= 11 is 0. The van der Waals surface area contributed by atoms with Gasteiger partial charge in [0.2, 0.25) is 0 Å². The highest BCUT2D eigenvalue weighted by atomic mass is 19.1. The number of benzene rings is 2. The zero-order valence-corrected chi connectivity index (χ0v) is 14.1. The molecule has 4 nitrogen and oxygen atoms in total. The molecule has 0 saturated carbocycles. The lowest BCUT2D eigenvalue weighted by Gasteiger charge is -2.16. The zero-order chi connectivity index (χ0) is 17.5. The second-order valence-corrected chi connectivity index (χ2v) is 6.08. The first-order chi connectivity index (χ1) is 12.2. The van der Waals surface area contributed by atoms with Crippen LogP contribution < -0.4 is 14.8 Å². The molecule has 2 aromatic rings. The van der Waals surface area contributed by atoms with Gasteiger partial charge in [0.15, 0.2) is 6.61 Å². The molecule has 1 aliphatic rings. The topological polar surface area (TPSA) is 47.6 Å². The first-order valence-electron chi connectivity index (χ1n) is 8.60. The minimum Gasteiger partial charge on any atom is -0.492 e. The fourth-order valence-corrected chi connectivity index (χ4v) is 2.89. The van der Waals surface area contributed by atoms with Gasteiger partial charge < -0.3 is 14.8 Å². The third kappa shape index (κ3) is 5.21. The SMILES string of the molecule is O=C(COc1ccc2c(c1)CCCC2)NCCOc1ccc(F)cc1. The maximum Gasteiger partial charge on any atom is 0.258 e. The van der Waals surface area contributed by atoms with Gasteiger partial charge in [0, 0.05) is 0 Å². The molecule has 0 heterocycles. The Hall–Kier alpha value is -2.56. The van der Waals surface area contributed by atoms with E-state index in [-0.39, 0.29) is 18.3 Å². The monoisotopic (exact) mass is 343 g/mol. The molecule has 1 N–H and O–H groups in total. The van der Waals surface area contributed by atoms with Crippen LogP contribution in [0.3, 0.4) is 0 Å². The van der Waals surface area contributed by atoms with Crippen molar-refractivity contribution in [2.75, 3.05) is 19.8 Å². The molecule has 0 aromatic heterocycles. The Bertz CT molecular complexity index is 715. The third-order valence-electron chi connectivity index (χ3n) is 4.20. The number of hydrogen-bond donors (Lipinski definition) is 1. The maximum absolute atomic E-state index is 12.8. The Kier molecular flexibility index (Phi) is 5.88. The number of hydrogen-bond acceptors (Lipinski definition) is 3. The molecule has 0 atom stereocenters. The fraction of sp³-hybridized carbons (Fsp3) is 0.350. The highest BCUT2D eigenvalue weighted by Gasteiger charge is 2.10. The van der Waals surface area contributed by atoms with Gasteiger partial charge in [0.25, 0.3) is 5.91 Å². The van der Waals surface area contributed by atoms with Crippen molar-refractivity contribution >= 4 is 5.91 Å². The van der Waals surface area contributed by atoms with Crippen molar-refractivity contribution in [1.82, 2.24) is 5.32 Å². The van der Waals surface area contributed by atoms with Gasteiger partial charge in [-0.1, -0.05) is 6.07 Å². The molecule has 0 fully saturated rings. The normalized spacial score (nSPS) is 13.0. The molecule has 1 amide bonds. The number of rotatable bonds is 7. The highest BCUT2D eigenvalue weighted by molar-refractivity contribution is 5.77. The van der Waals surface area contributed by atoms with E-state index in [2.05, 4.69) is 11.4 Å². The van der Waals surface area contributed by atoms with Crippen LogP contribution in [0.25, 0.3) is 0 Å². The molecule has 3 rings (SSSR count). The average molecular weight is 343 g/mol. The molecule has 0 bridgehead atoms. The molecule has 132 valence electrons. The van der Waals surface area contributed by atoms with Crippen molar-refractivity contribution in [1.29, 1.82) is 0 Å². The molecule has 0 radical (unpaired) electrons. The Morgan fingerprint density at radius 2 is 1.68 bits per heavy atom. The number of amides is 1. The Morgan fingerprint density at radius 3 is 2.48 bits per heavy atom. The van der Waals surface area contributed by atoms with E-state index in [1.54, 1.807) is 12.1 Å². The smallest absolute Gasteiger partial charge is 0.258 e. The van der Waals surface area contributed by atoms with Crippen LogP contribution in [0.15, 0.2) is 42.5 Å². The second kappa shape index (κ2) is 8.51. The van der Waals surface area contributed by atoms with Gasteiger partial charge in [0.1, 0.15) is 23.9 Å². The summed E-state index contributed by atoms with van der Waals surface area (Å²) in [6.45, 7) is 0.662. The van der Waals surface area contributed by atoms with Crippen LogP contribution in [-0.2, 0) is 17.6 Å². The van der Waals surface area contributed by atoms with Crippen molar-refractivity contribution in [3.8, 4) is 11.5 Å². The van der Waals surface area contributed by atoms with Crippen LogP contribution >= 0.6 is 0 Å². The highest BCUT2D eigenvalue weighted by Crippen LogP contribution is 2.25. The molecule has 25 heavy (non-hydrogen) atoms. The summed E-state index contributed by atoms with van der Waals surface area (Å²) in [5, 5.41) is 2.73. The van der Waals surface area contributed by atoms with Gasteiger partial charge in [0.05, 0.1) is 6.54 Å². The standard InChI is InChI=1S/C20H22FNO3/c21-17-6-9-18(10-7-17)24-12-11-22-20(23)14-25-19-8-5-15-3-1-2-4-16(15)13-19/h5-10,13H,1-4,11-12,14H2,(H,22,23). The summed E-state index contributed by atoms with van der Waals surface area (Å²) in [5.41, 5.74) is 2.72. The fourth-order valence-electron chi connectivity index (χ4n) is 2.89. The predicted molar refractivity (Wildman–Crippen MR) is 93.5 cm³/mol. The van der Waals surface area contributed by atoms with Gasteiger partial charge in [-0.25, -0.2) is 4.39 Å². The molecule has 0 saturated heterocycles. The molecule has 0 unspecified atom stereocenters.